The molecule has 2 N–H and O–H groups in total. The molecule has 16 heavy (non-hydrogen) atoms. The maximum Gasteiger partial charge on any atom is 0.347 e. The van der Waals surface area contributed by atoms with E-state index in [4.69, 9.17) is 5.11 Å². The third-order valence-electron chi connectivity index (χ3n) is 2.13. The summed E-state index contributed by atoms with van der Waals surface area (Å²) in [5.74, 6) is -0.859. The van der Waals surface area contributed by atoms with Gasteiger partial charge < -0.3 is 10.4 Å². The fourth-order valence-electron chi connectivity index (χ4n) is 1.42. The van der Waals surface area contributed by atoms with Gasteiger partial charge >= 0.3 is 5.97 Å². The van der Waals surface area contributed by atoms with Crippen LogP contribution in [0.4, 0.5) is 0 Å². The van der Waals surface area contributed by atoms with Gasteiger partial charge in [-0.15, -0.1) is 11.3 Å². The predicted molar refractivity (Wildman–Crippen MR) is 65.1 cm³/mol. The number of rotatable bonds is 7. The molecule has 0 unspecified atom stereocenters. The molecule has 90 valence electrons. The predicted octanol–water partition coefficient (Wildman–Crippen LogP) is 2.29. The molecule has 0 aliphatic heterocycles. The first-order valence-electron chi connectivity index (χ1n) is 5.61. The van der Waals surface area contributed by atoms with Crippen molar-refractivity contribution in [2.75, 3.05) is 6.54 Å². The highest BCUT2D eigenvalue weighted by Crippen LogP contribution is 2.20. The molecule has 0 atom stereocenters. The van der Waals surface area contributed by atoms with Gasteiger partial charge in [-0.2, -0.15) is 0 Å². The zero-order chi connectivity index (χ0) is 12.0. The van der Waals surface area contributed by atoms with Gasteiger partial charge in [-0.3, -0.25) is 0 Å². The number of hydrogen-bond acceptors (Lipinski definition) is 4. The van der Waals surface area contributed by atoms with Crippen LogP contribution in [0.15, 0.2) is 0 Å². The van der Waals surface area contributed by atoms with Gasteiger partial charge in [-0.1, -0.05) is 20.3 Å². The molecule has 0 radical (unpaired) electrons. The molecule has 1 rings (SSSR count). The largest absolute Gasteiger partial charge is 0.477 e. The van der Waals surface area contributed by atoms with Gasteiger partial charge in [0.25, 0.3) is 0 Å². The van der Waals surface area contributed by atoms with Crippen LogP contribution >= 0.6 is 11.3 Å². The summed E-state index contributed by atoms with van der Waals surface area (Å²) in [5.41, 5.74) is 0.730. The van der Waals surface area contributed by atoms with Crippen molar-refractivity contribution in [3.05, 3.63) is 15.6 Å². The average Bonchev–Trinajstić information content (AvgIpc) is 2.62. The second-order valence-corrected chi connectivity index (χ2v) is 4.70. The Balaban J connectivity index is 2.72. The van der Waals surface area contributed by atoms with E-state index in [0.29, 0.717) is 11.4 Å². The van der Waals surface area contributed by atoms with Crippen molar-refractivity contribution < 1.29 is 9.90 Å². The molecule has 0 aromatic carbocycles. The molecule has 5 heteroatoms. The van der Waals surface area contributed by atoms with E-state index in [2.05, 4.69) is 17.2 Å². The maximum absolute atomic E-state index is 11.0. The first kappa shape index (κ1) is 13.1. The lowest BCUT2D eigenvalue weighted by molar-refractivity contribution is 0.0700. The number of hydrogen-bond donors (Lipinski definition) is 2. The van der Waals surface area contributed by atoms with Crippen LogP contribution in [0.25, 0.3) is 0 Å². The standard InChI is InChI=1S/C11H18N2O2S/c1-3-5-8-10(11(14)15)16-9(13-8)7-12-6-4-2/h12H,3-7H2,1-2H3,(H,14,15). The zero-order valence-electron chi connectivity index (χ0n) is 9.75. The fourth-order valence-corrected chi connectivity index (χ4v) is 2.34. The van der Waals surface area contributed by atoms with Gasteiger partial charge in [0.1, 0.15) is 9.88 Å². The van der Waals surface area contributed by atoms with Crippen molar-refractivity contribution in [1.82, 2.24) is 10.3 Å². The summed E-state index contributed by atoms with van der Waals surface area (Å²) in [7, 11) is 0. The molecular formula is C11H18N2O2S. The number of nitrogens with one attached hydrogen (secondary N) is 1. The Kier molecular flexibility index (Phi) is 5.42. The molecule has 0 aliphatic carbocycles. The van der Waals surface area contributed by atoms with Crippen LogP contribution in [-0.2, 0) is 13.0 Å². The van der Waals surface area contributed by atoms with E-state index in [9.17, 15) is 4.79 Å². The number of carboxylic acid groups (broad SMARTS) is 1. The number of nitrogens with zero attached hydrogens (tertiary/aromatic N) is 1. The summed E-state index contributed by atoms with van der Waals surface area (Å²) < 4.78 is 0. The monoisotopic (exact) mass is 242 g/mol. The Labute approximate surface area is 99.7 Å². The summed E-state index contributed by atoms with van der Waals surface area (Å²) in [5, 5.41) is 13.1. The minimum absolute atomic E-state index is 0.398. The number of carbonyl (C=O) groups is 1. The third kappa shape index (κ3) is 3.57. The molecule has 1 aromatic rings. The average molecular weight is 242 g/mol. The molecular weight excluding hydrogens is 224 g/mol. The quantitative estimate of drug-likeness (QED) is 0.720. The van der Waals surface area contributed by atoms with Crippen molar-refractivity contribution >= 4 is 17.3 Å². The van der Waals surface area contributed by atoms with Crippen LogP contribution in [0, 0.1) is 0 Å². The number of aromatic nitrogens is 1. The van der Waals surface area contributed by atoms with Crippen LogP contribution in [0.5, 0.6) is 0 Å². The molecule has 4 nitrogen and oxygen atoms in total. The Hall–Kier alpha value is -0.940. The number of carboxylic acids is 1. The van der Waals surface area contributed by atoms with Crippen molar-refractivity contribution in [3.8, 4) is 0 Å². The van der Waals surface area contributed by atoms with Crippen molar-refractivity contribution in [2.45, 2.75) is 39.7 Å². The van der Waals surface area contributed by atoms with Crippen molar-refractivity contribution in [3.63, 3.8) is 0 Å². The summed E-state index contributed by atoms with van der Waals surface area (Å²) in [6, 6.07) is 0. The highest BCUT2D eigenvalue weighted by molar-refractivity contribution is 7.13. The van der Waals surface area contributed by atoms with Crippen LogP contribution in [0.2, 0.25) is 0 Å². The van der Waals surface area contributed by atoms with E-state index < -0.39 is 5.97 Å². The maximum atomic E-state index is 11.0. The fraction of sp³-hybridized carbons (Fsp3) is 0.636. The van der Waals surface area contributed by atoms with E-state index in [1.165, 1.54) is 11.3 Å². The first-order valence-corrected chi connectivity index (χ1v) is 6.43. The smallest absolute Gasteiger partial charge is 0.347 e. The summed E-state index contributed by atoms with van der Waals surface area (Å²) in [4.78, 5) is 15.8. The summed E-state index contributed by atoms with van der Waals surface area (Å²) >= 11 is 1.28. The first-order chi connectivity index (χ1) is 7.69. The van der Waals surface area contributed by atoms with Crippen LogP contribution in [-0.4, -0.2) is 22.6 Å². The van der Waals surface area contributed by atoms with E-state index in [0.717, 1.165) is 36.5 Å². The second-order valence-electron chi connectivity index (χ2n) is 3.62. The lowest BCUT2D eigenvalue weighted by atomic mass is 10.2. The summed E-state index contributed by atoms with van der Waals surface area (Å²) in [6.45, 7) is 5.73. The lowest BCUT2D eigenvalue weighted by Gasteiger charge is -1.97. The van der Waals surface area contributed by atoms with Crippen molar-refractivity contribution in [2.24, 2.45) is 0 Å². The Morgan fingerprint density at radius 1 is 1.44 bits per heavy atom. The van der Waals surface area contributed by atoms with E-state index in [-0.39, 0.29) is 0 Å². The van der Waals surface area contributed by atoms with Gasteiger partial charge in [-0.25, -0.2) is 9.78 Å². The van der Waals surface area contributed by atoms with Crippen LogP contribution in [0.3, 0.4) is 0 Å². The van der Waals surface area contributed by atoms with E-state index in [1.54, 1.807) is 0 Å². The Morgan fingerprint density at radius 3 is 2.75 bits per heavy atom. The molecule has 0 aliphatic rings. The van der Waals surface area contributed by atoms with Crippen molar-refractivity contribution in [1.29, 1.82) is 0 Å². The van der Waals surface area contributed by atoms with Gasteiger partial charge in [0.05, 0.1) is 5.69 Å². The SMILES string of the molecule is CCCNCc1nc(CCC)c(C(=O)O)s1. The number of thiazole rings is 1. The minimum Gasteiger partial charge on any atom is -0.477 e. The topological polar surface area (TPSA) is 62.2 Å². The van der Waals surface area contributed by atoms with Gasteiger partial charge in [0, 0.05) is 6.54 Å². The van der Waals surface area contributed by atoms with Gasteiger partial charge in [0.2, 0.25) is 0 Å². The molecule has 0 bridgehead atoms. The van der Waals surface area contributed by atoms with E-state index >= 15 is 0 Å². The van der Waals surface area contributed by atoms with Crippen LogP contribution < -0.4 is 5.32 Å². The molecule has 1 aromatic heterocycles. The summed E-state index contributed by atoms with van der Waals surface area (Å²) in [6.07, 6.45) is 2.73. The normalized spacial score (nSPS) is 10.6. The number of aryl methyl sites for hydroxylation is 1. The van der Waals surface area contributed by atoms with Gasteiger partial charge in [0.15, 0.2) is 0 Å². The Morgan fingerprint density at radius 2 is 2.19 bits per heavy atom. The molecule has 0 spiro atoms. The van der Waals surface area contributed by atoms with Crippen LogP contribution in [0.1, 0.15) is 47.1 Å². The second kappa shape index (κ2) is 6.60. The highest BCUT2D eigenvalue weighted by atomic mass is 32.1. The highest BCUT2D eigenvalue weighted by Gasteiger charge is 2.15. The zero-order valence-corrected chi connectivity index (χ0v) is 10.6. The lowest BCUT2D eigenvalue weighted by Crippen LogP contribution is -2.13. The Bertz CT molecular complexity index is 350. The minimum atomic E-state index is -0.859. The third-order valence-corrected chi connectivity index (χ3v) is 3.21. The van der Waals surface area contributed by atoms with Gasteiger partial charge in [-0.05, 0) is 19.4 Å². The molecule has 1 heterocycles. The molecule has 0 amide bonds. The molecule has 0 fully saturated rings. The van der Waals surface area contributed by atoms with E-state index in [1.807, 2.05) is 6.92 Å². The molecule has 0 saturated heterocycles. The number of aromatic carboxylic acids is 1. The molecule has 0 saturated carbocycles.